The molecular formula is C13H19NO2. The Kier molecular flexibility index (Phi) is 3.44. The first-order valence-electron chi connectivity index (χ1n) is 5.91. The molecule has 0 aromatic carbocycles. The van der Waals surface area contributed by atoms with Crippen LogP contribution in [0.4, 0.5) is 0 Å². The minimum Gasteiger partial charge on any atom is -0.469 e. The van der Waals surface area contributed by atoms with Gasteiger partial charge in [-0.2, -0.15) is 0 Å². The molecule has 0 bridgehead atoms. The van der Waals surface area contributed by atoms with Crippen molar-refractivity contribution in [3.8, 4) is 0 Å². The first kappa shape index (κ1) is 11.4. The zero-order chi connectivity index (χ0) is 11.5. The molecule has 0 spiro atoms. The van der Waals surface area contributed by atoms with E-state index in [1.807, 2.05) is 13.0 Å². The van der Waals surface area contributed by atoms with Crippen molar-refractivity contribution in [2.45, 2.75) is 45.2 Å². The third kappa shape index (κ3) is 2.53. The normalized spacial score (nSPS) is 21.7. The number of nitrogens with zero attached hydrogens (tertiary/aromatic N) is 1. The summed E-state index contributed by atoms with van der Waals surface area (Å²) >= 11 is 0. The van der Waals surface area contributed by atoms with E-state index in [-0.39, 0.29) is 0 Å². The molecule has 1 aromatic heterocycles. The van der Waals surface area contributed by atoms with E-state index in [1.165, 1.54) is 5.56 Å². The standard InChI is InChI=1S/C13H19NO2/c1-10-11(6-7-16-10)9-14(2)12-4-3-5-13(15)8-12/h6-7,12H,3-5,8-9H2,1-2H3. The topological polar surface area (TPSA) is 33.5 Å². The predicted octanol–water partition coefficient (Wildman–Crippen LogP) is 2.53. The minimum absolute atomic E-state index is 0.409. The molecule has 1 saturated carbocycles. The molecule has 1 aromatic rings. The second kappa shape index (κ2) is 4.83. The first-order chi connectivity index (χ1) is 7.66. The molecule has 3 heteroatoms. The number of furan rings is 1. The van der Waals surface area contributed by atoms with Crippen LogP contribution in [-0.4, -0.2) is 23.8 Å². The highest BCUT2D eigenvalue weighted by molar-refractivity contribution is 5.79. The molecule has 16 heavy (non-hydrogen) atoms. The number of Topliss-reactive ketones (excluding diaryl/α,β-unsaturated/α-hetero) is 1. The summed E-state index contributed by atoms with van der Waals surface area (Å²) in [5, 5.41) is 0. The van der Waals surface area contributed by atoms with Crippen LogP contribution in [0.3, 0.4) is 0 Å². The van der Waals surface area contributed by atoms with Gasteiger partial charge in [0.2, 0.25) is 0 Å². The van der Waals surface area contributed by atoms with E-state index in [0.717, 1.165) is 31.6 Å². The summed E-state index contributed by atoms with van der Waals surface area (Å²) in [7, 11) is 2.09. The zero-order valence-electron chi connectivity index (χ0n) is 10.0. The number of rotatable bonds is 3. The fraction of sp³-hybridized carbons (Fsp3) is 0.615. The second-order valence-electron chi connectivity index (χ2n) is 4.71. The Morgan fingerprint density at radius 1 is 1.56 bits per heavy atom. The highest BCUT2D eigenvalue weighted by Crippen LogP contribution is 2.21. The molecular weight excluding hydrogens is 202 g/mol. The van der Waals surface area contributed by atoms with Crippen LogP contribution in [0.25, 0.3) is 0 Å². The maximum atomic E-state index is 11.4. The van der Waals surface area contributed by atoms with Crippen LogP contribution in [-0.2, 0) is 11.3 Å². The van der Waals surface area contributed by atoms with Crippen molar-refractivity contribution in [1.82, 2.24) is 4.90 Å². The van der Waals surface area contributed by atoms with Gasteiger partial charge in [0.25, 0.3) is 0 Å². The molecule has 0 N–H and O–H groups in total. The van der Waals surface area contributed by atoms with Gasteiger partial charge in [0.15, 0.2) is 0 Å². The summed E-state index contributed by atoms with van der Waals surface area (Å²) in [6.07, 6.45) is 5.39. The van der Waals surface area contributed by atoms with Crippen molar-refractivity contribution in [3.63, 3.8) is 0 Å². The molecule has 0 radical (unpaired) electrons. The van der Waals surface area contributed by atoms with Gasteiger partial charge in [-0.3, -0.25) is 9.69 Å². The van der Waals surface area contributed by atoms with Gasteiger partial charge in [0.1, 0.15) is 11.5 Å². The monoisotopic (exact) mass is 221 g/mol. The molecule has 0 saturated heterocycles. The molecule has 1 heterocycles. The van der Waals surface area contributed by atoms with E-state index in [2.05, 4.69) is 11.9 Å². The maximum absolute atomic E-state index is 11.4. The summed E-state index contributed by atoms with van der Waals surface area (Å²) in [6.45, 7) is 2.86. The Morgan fingerprint density at radius 2 is 2.38 bits per heavy atom. The van der Waals surface area contributed by atoms with Crippen molar-refractivity contribution in [2.75, 3.05) is 7.05 Å². The van der Waals surface area contributed by atoms with Gasteiger partial charge in [-0.25, -0.2) is 0 Å². The third-order valence-corrected chi connectivity index (χ3v) is 3.47. The van der Waals surface area contributed by atoms with Crippen molar-refractivity contribution < 1.29 is 9.21 Å². The lowest BCUT2D eigenvalue weighted by atomic mass is 9.93. The van der Waals surface area contributed by atoms with Gasteiger partial charge in [-0.1, -0.05) is 0 Å². The van der Waals surface area contributed by atoms with Crippen molar-refractivity contribution >= 4 is 5.78 Å². The van der Waals surface area contributed by atoms with Gasteiger partial charge >= 0.3 is 0 Å². The zero-order valence-corrected chi connectivity index (χ0v) is 10.0. The van der Waals surface area contributed by atoms with Crippen LogP contribution in [0.15, 0.2) is 16.7 Å². The predicted molar refractivity (Wildman–Crippen MR) is 62.2 cm³/mol. The van der Waals surface area contributed by atoms with E-state index in [9.17, 15) is 4.79 Å². The molecule has 0 amide bonds. The Bertz CT molecular complexity index is 370. The summed E-state index contributed by atoms with van der Waals surface area (Å²) < 4.78 is 5.28. The second-order valence-corrected chi connectivity index (χ2v) is 4.71. The van der Waals surface area contributed by atoms with Crippen LogP contribution >= 0.6 is 0 Å². The SMILES string of the molecule is Cc1occc1CN(C)C1CCCC(=O)C1. The lowest BCUT2D eigenvalue weighted by molar-refractivity contribution is -0.121. The summed E-state index contributed by atoms with van der Waals surface area (Å²) in [5.74, 6) is 1.39. The summed E-state index contributed by atoms with van der Waals surface area (Å²) in [5.41, 5.74) is 1.22. The third-order valence-electron chi connectivity index (χ3n) is 3.47. The fourth-order valence-corrected chi connectivity index (χ4v) is 2.35. The number of aryl methyl sites for hydroxylation is 1. The van der Waals surface area contributed by atoms with Gasteiger partial charge in [-0.05, 0) is 32.9 Å². The average molecular weight is 221 g/mol. The highest BCUT2D eigenvalue weighted by Gasteiger charge is 2.23. The number of carbonyl (C=O) groups excluding carboxylic acids is 1. The van der Waals surface area contributed by atoms with E-state index >= 15 is 0 Å². The number of ketones is 1. The molecule has 1 fully saturated rings. The average Bonchev–Trinajstić information content (AvgIpc) is 2.64. The van der Waals surface area contributed by atoms with Gasteiger partial charge in [0, 0.05) is 31.0 Å². The molecule has 1 unspecified atom stereocenters. The maximum Gasteiger partial charge on any atom is 0.134 e. The van der Waals surface area contributed by atoms with Gasteiger partial charge in [0.05, 0.1) is 6.26 Å². The van der Waals surface area contributed by atoms with E-state index in [4.69, 9.17) is 4.42 Å². The van der Waals surface area contributed by atoms with Crippen LogP contribution < -0.4 is 0 Å². The molecule has 3 nitrogen and oxygen atoms in total. The van der Waals surface area contributed by atoms with Crippen LogP contribution in [0.2, 0.25) is 0 Å². The summed E-state index contributed by atoms with van der Waals surface area (Å²) in [6, 6.07) is 2.42. The van der Waals surface area contributed by atoms with Gasteiger partial charge in [-0.15, -0.1) is 0 Å². The Hall–Kier alpha value is -1.09. The smallest absolute Gasteiger partial charge is 0.134 e. The Labute approximate surface area is 96.4 Å². The van der Waals surface area contributed by atoms with Crippen LogP contribution in [0.1, 0.15) is 37.0 Å². The minimum atomic E-state index is 0.409. The molecule has 2 rings (SSSR count). The fourth-order valence-electron chi connectivity index (χ4n) is 2.35. The summed E-state index contributed by atoms with van der Waals surface area (Å²) in [4.78, 5) is 13.7. The molecule has 1 aliphatic carbocycles. The van der Waals surface area contributed by atoms with E-state index in [0.29, 0.717) is 18.2 Å². The lowest BCUT2D eigenvalue weighted by Gasteiger charge is -2.30. The number of hydrogen-bond donors (Lipinski definition) is 0. The van der Waals surface area contributed by atoms with E-state index < -0.39 is 0 Å². The van der Waals surface area contributed by atoms with Crippen LogP contribution in [0, 0.1) is 6.92 Å². The molecule has 1 aliphatic rings. The number of carbonyl (C=O) groups is 1. The quantitative estimate of drug-likeness (QED) is 0.786. The Morgan fingerprint density at radius 3 is 3.00 bits per heavy atom. The molecule has 1 atom stereocenters. The van der Waals surface area contributed by atoms with Crippen molar-refractivity contribution in [2.24, 2.45) is 0 Å². The number of hydrogen-bond acceptors (Lipinski definition) is 3. The van der Waals surface area contributed by atoms with E-state index in [1.54, 1.807) is 6.26 Å². The lowest BCUT2D eigenvalue weighted by Crippen LogP contribution is -2.35. The van der Waals surface area contributed by atoms with Gasteiger partial charge < -0.3 is 4.42 Å². The van der Waals surface area contributed by atoms with Crippen molar-refractivity contribution in [3.05, 3.63) is 23.7 Å². The first-order valence-corrected chi connectivity index (χ1v) is 5.91. The van der Waals surface area contributed by atoms with Crippen LogP contribution in [0.5, 0.6) is 0 Å². The van der Waals surface area contributed by atoms with Crippen molar-refractivity contribution in [1.29, 1.82) is 0 Å². The molecule has 0 aliphatic heterocycles. The Balaban J connectivity index is 1.95. The largest absolute Gasteiger partial charge is 0.469 e. The molecule has 88 valence electrons. The highest BCUT2D eigenvalue weighted by atomic mass is 16.3.